The number of β-lactam (4-membered cyclic amide) rings is 1. The third kappa shape index (κ3) is 4.06. The Balaban J connectivity index is 1.54. The average Bonchev–Trinajstić information content (AvgIpc) is 3.05. The van der Waals surface area contributed by atoms with Crippen molar-refractivity contribution in [3.05, 3.63) is 47.9 Å². The van der Waals surface area contributed by atoms with Gasteiger partial charge in [0.2, 0.25) is 0 Å². The number of hydrogen-bond acceptors (Lipinski definition) is 5. The van der Waals surface area contributed by atoms with Crippen molar-refractivity contribution in [3.63, 3.8) is 0 Å². The number of carbonyl (C=O) groups is 2. The summed E-state index contributed by atoms with van der Waals surface area (Å²) in [6.07, 6.45) is 0. The number of aromatic nitrogens is 1. The molecule has 1 aromatic carbocycles. The molecule has 2 aromatic rings. The van der Waals surface area contributed by atoms with E-state index >= 15 is 0 Å². The van der Waals surface area contributed by atoms with Crippen LogP contribution in [0.15, 0.2) is 40.9 Å². The first-order chi connectivity index (χ1) is 11.8. The van der Waals surface area contributed by atoms with Crippen molar-refractivity contribution < 1.29 is 18.8 Å². The Labute approximate surface area is 145 Å². The van der Waals surface area contributed by atoms with E-state index in [1.54, 1.807) is 4.90 Å². The van der Waals surface area contributed by atoms with E-state index in [4.69, 9.17) is 9.26 Å². The molecule has 7 nitrogen and oxygen atoms in total. The highest BCUT2D eigenvalue weighted by Crippen LogP contribution is 2.21. The summed E-state index contributed by atoms with van der Waals surface area (Å²) >= 11 is 0. The number of hydrogen-bond donors (Lipinski definition) is 1. The molecule has 1 aromatic heterocycles. The van der Waals surface area contributed by atoms with Crippen molar-refractivity contribution >= 4 is 17.5 Å². The minimum atomic E-state index is -0.543. The maximum atomic E-state index is 12.2. The zero-order valence-electron chi connectivity index (χ0n) is 14.5. The number of nitrogens with one attached hydrogen (secondary N) is 1. The van der Waals surface area contributed by atoms with Crippen molar-refractivity contribution in [2.75, 3.05) is 11.4 Å². The van der Waals surface area contributed by atoms with Gasteiger partial charge in [-0.25, -0.2) is 0 Å². The van der Waals surface area contributed by atoms with Gasteiger partial charge < -0.3 is 19.5 Å². The quantitative estimate of drug-likeness (QED) is 0.841. The molecule has 2 amide bonds. The van der Waals surface area contributed by atoms with Gasteiger partial charge in [0.15, 0.2) is 11.5 Å². The first-order valence-electron chi connectivity index (χ1n) is 8.10. The summed E-state index contributed by atoms with van der Waals surface area (Å²) in [5.74, 6) is -0.109. The molecule has 1 saturated heterocycles. The second-order valence-electron chi connectivity index (χ2n) is 6.89. The number of benzene rings is 1. The Kier molecular flexibility index (Phi) is 4.59. The maximum absolute atomic E-state index is 12.2. The van der Waals surface area contributed by atoms with E-state index < -0.39 is 11.9 Å². The predicted octanol–water partition coefficient (Wildman–Crippen LogP) is 2.13. The van der Waals surface area contributed by atoms with E-state index in [0.29, 0.717) is 12.3 Å². The normalized spacial score (nSPS) is 17.3. The van der Waals surface area contributed by atoms with Crippen molar-refractivity contribution in [1.82, 2.24) is 10.5 Å². The summed E-state index contributed by atoms with van der Waals surface area (Å²) in [5.41, 5.74) is 0.647. The molecule has 132 valence electrons. The third-order valence-electron chi connectivity index (χ3n) is 3.74. The van der Waals surface area contributed by atoms with Crippen LogP contribution in [0, 0.1) is 0 Å². The van der Waals surface area contributed by atoms with E-state index in [1.165, 1.54) is 6.07 Å². The molecule has 0 radical (unpaired) electrons. The largest absolute Gasteiger partial charge is 0.368 e. The Morgan fingerprint density at radius 3 is 2.72 bits per heavy atom. The number of ether oxygens (including phenoxy) is 1. The van der Waals surface area contributed by atoms with Crippen LogP contribution in [0.25, 0.3) is 0 Å². The fraction of sp³-hybridized carbons (Fsp3) is 0.389. The molecule has 0 saturated carbocycles. The molecular weight excluding hydrogens is 322 g/mol. The topological polar surface area (TPSA) is 84.7 Å². The van der Waals surface area contributed by atoms with Crippen LogP contribution in [0.2, 0.25) is 0 Å². The highest BCUT2D eigenvalue weighted by Gasteiger charge is 2.39. The standard InChI is InChI=1S/C18H21N3O4/c1-18(2,3)24-11-13-9-14(20-25-13)16(22)19-15-10-21(17(15)23)12-7-5-4-6-8-12/h4-9,15H,10-11H2,1-3H3,(H,19,22)/t15-/m0/s1. The van der Waals surface area contributed by atoms with Gasteiger partial charge in [0, 0.05) is 11.8 Å². The number of nitrogens with zero attached hydrogens (tertiary/aromatic N) is 2. The molecule has 3 rings (SSSR count). The first-order valence-corrected chi connectivity index (χ1v) is 8.10. The Bertz CT molecular complexity index is 764. The van der Waals surface area contributed by atoms with E-state index in [1.807, 2.05) is 51.1 Å². The fourth-order valence-electron chi connectivity index (χ4n) is 2.38. The van der Waals surface area contributed by atoms with Gasteiger partial charge in [-0.3, -0.25) is 9.59 Å². The summed E-state index contributed by atoms with van der Waals surface area (Å²) in [4.78, 5) is 26.0. The maximum Gasteiger partial charge on any atom is 0.274 e. The number of carbonyl (C=O) groups excluding carboxylic acids is 2. The SMILES string of the molecule is CC(C)(C)OCc1cc(C(=O)N[C@H]2CN(c3ccccc3)C2=O)no1. The van der Waals surface area contributed by atoms with E-state index in [9.17, 15) is 9.59 Å². The second kappa shape index (κ2) is 6.68. The minimum Gasteiger partial charge on any atom is -0.368 e. The van der Waals surface area contributed by atoms with Gasteiger partial charge in [-0.1, -0.05) is 23.4 Å². The molecular formula is C18H21N3O4. The van der Waals surface area contributed by atoms with Crippen molar-refractivity contribution in [1.29, 1.82) is 0 Å². The zero-order valence-corrected chi connectivity index (χ0v) is 14.5. The molecule has 7 heteroatoms. The van der Waals surface area contributed by atoms with Gasteiger partial charge in [-0.15, -0.1) is 0 Å². The van der Waals surface area contributed by atoms with Crippen LogP contribution in [0.1, 0.15) is 37.0 Å². The molecule has 1 atom stereocenters. The van der Waals surface area contributed by atoms with Gasteiger partial charge in [0.25, 0.3) is 11.8 Å². The molecule has 0 spiro atoms. The van der Waals surface area contributed by atoms with Crippen molar-refractivity contribution in [2.45, 2.75) is 39.0 Å². The zero-order chi connectivity index (χ0) is 18.0. The van der Waals surface area contributed by atoms with E-state index in [-0.39, 0.29) is 23.8 Å². The fourth-order valence-corrected chi connectivity index (χ4v) is 2.38. The van der Waals surface area contributed by atoms with E-state index in [2.05, 4.69) is 10.5 Å². The Morgan fingerprint density at radius 2 is 2.08 bits per heavy atom. The van der Waals surface area contributed by atoms with Crippen LogP contribution < -0.4 is 10.2 Å². The lowest BCUT2D eigenvalue weighted by atomic mass is 10.1. The van der Waals surface area contributed by atoms with Crippen LogP contribution >= 0.6 is 0 Å². The van der Waals surface area contributed by atoms with E-state index in [0.717, 1.165) is 5.69 Å². The molecule has 2 heterocycles. The summed E-state index contributed by atoms with van der Waals surface area (Å²) in [6.45, 7) is 6.45. The van der Waals surface area contributed by atoms with Gasteiger partial charge in [-0.05, 0) is 32.9 Å². The second-order valence-corrected chi connectivity index (χ2v) is 6.89. The molecule has 1 aliphatic rings. The highest BCUT2D eigenvalue weighted by molar-refractivity contribution is 6.07. The predicted molar refractivity (Wildman–Crippen MR) is 91.1 cm³/mol. The van der Waals surface area contributed by atoms with Crippen LogP contribution in [0.5, 0.6) is 0 Å². The molecule has 25 heavy (non-hydrogen) atoms. The average molecular weight is 343 g/mol. The molecule has 1 N–H and O–H groups in total. The highest BCUT2D eigenvalue weighted by atomic mass is 16.5. The van der Waals surface area contributed by atoms with Crippen LogP contribution in [0.3, 0.4) is 0 Å². The number of amides is 2. The molecule has 0 aliphatic carbocycles. The molecule has 1 aliphatic heterocycles. The third-order valence-corrected chi connectivity index (χ3v) is 3.74. The van der Waals surface area contributed by atoms with Crippen LogP contribution in [-0.4, -0.2) is 35.2 Å². The minimum absolute atomic E-state index is 0.137. The number of para-hydroxylation sites is 1. The lowest BCUT2D eigenvalue weighted by Crippen LogP contribution is -2.64. The van der Waals surface area contributed by atoms with Crippen LogP contribution in [0.4, 0.5) is 5.69 Å². The summed E-state index contributed by atoms with van der Waals surface area (Å²) in [5, 5.41) is 6.41. The number of rotatable bonds is 5. The summed E-state index contributed by atoms with van der Waals surface area (Å²) < 4.78 is 10.7. The summed E-state index contributed by atoms with van der Waals surface area (Å²) in [7, 11) is 0. The molecule has 0 bridgehead atoms. The smallest absolute Gasteiger partial charge is 0.274 e. The summed E-state index contributed by atoms with van der Waals surface area (Å²) in [6, 6.07) is 10.3. The van der Waals surface area contributed by atoms with Crippen molar-refractivity contribution in [2.24, 2.45) is 0 Å². The monoisotopic (exact) mass is 343 g/mol. The molecule has 1 fully saturated rings. The van der Waals surface area contributed by atoms with Crippen molar-refractivity contribution in [3.8, 4) is 0 Å². The van der Waals surface area contributed by atoms with Gasteiger partial charge in [-0.2, -0.15) is 0 Å². The lowest BCUT2D eigenvalue weighted by Gasteiger charge is -2.38. The Morgan fingerprint density at radius 1 is 1.36 bits per heavy atom. The lowest BCUT2D eigenvalue weighted by molar-refractivity contribution is -0.124. The Hall–Kier alpha value is -2.67. The van der Waals surface area contributed by atoms with Crippen LogP contribution in [-0.2, 0) is 16.1 Å². The first kappa shape index (κ1) is 17.2. The molecule has 0 unspecified atom stereocenters. The van der Waals surface area contributed by atoms with Gasteiger partial charge in [0.1, 0.15) is 12.6 Å². The van der Waals surface area contributed by atoms with Gasteiger partial charge >= 0.3 is 0 Å². The number of anilines is 1. The van der Waals surface area contributed by atoms with Gasteiger partial charge in [0.05, 0.1) is 12.1 Å².